The van der Waals surface area contributed by atoms with Gasteiger partial charge in [-0.3, -0.25) is 9.59 Å². The summed E-state index contributed by atoms with van der Waals surface area (Å²) < 4.78 is 5.57. The summed E-state index contributed by atoms with van der Waals surface area (Å²) in [6.45, 7) is 4.19. The summed E-state index contributed by atoms with van der Waals surface area (Å²) in [4.78, 5) is 34.6. The van der Waals surface area contributed by atoms with E-state index in [0.717, 1.165) is 5.56 Å². The van der Waals surface area contributed by atoms with Crippen LogP contribution in [0, 0.1) is 17.2 Å². The van der Waals surface area contributed by atoms with Crippen molar-refractivity contribution in [2.75, 3.05) is 23.0 Å². The average molecular weight is 532 g/mol. The van der Waals surface area contributed by atoms with E-state index in [-0.39, 0.29) is 17.6 Å². The molecule has 1 aliphatic heterocycles. The molecule has 0 saturated carbocycles. The number of aromatic nitrogens is 1. The monoisotopic (exact) mass is 531 g/mol. The summed E-state index contributed by atoms with van der Waals surface area (Å²) in [5.74, 6) is -1.13. The molecule has 1 aromatic heterocycles. The molecule has 0 radical (unpaired) electrons. The number of allylic oxidation sites excluding steroid dienone is 1. The Morgan fingerprint density at radius 1 is 1.14 bits per heavy atom. The van der Waals surface area contributed by atoms with Crippen LogP contribution >= 0.6 is 23.1 Å². The molecule has 0 bridgehead atoms. The SMILES string of the molecule is CCOc1ccc([C@@H]2C(C(=O)Nc3ccccc3)=C(C)N=C(SCC(=O)Nc3nccs3)[C@@H]2C#N)cc1. The molecule has 4 rings (SSSR count). The van der Waals surface area contributed by atoms with Gasteiger partial charge in [0.05, 0.1) is 23.5 Å². The van der Waals surface area contributed by atoms with E-state index < -0.39 is 11.8 Å². The Kier molecular flexibility index (Phi) is 8.72. The van der Waals surface area contributed by atoms with Crippen LogP contribution in [0.5, 0.6) is 5.75 Å². The second kappa shape index (κ2) is 12.3. The Bertz CT molecular complexity index is 1350. The van der Waals surface area contributed by atoms with Gasteiger partial charge in [0.25, 0.3) is 5.91 Å². The van der Waals surface area contributed by atoms with Gasteiger partial charge in [-0.15, -0.1) is 11.3 Å². The number of hydrogen-bond donors (Lipinski definition) is 2. The van der Waals surface area contributed by atoms with Gasteiger partial charge in [0.15, 0.2) is 5.13 Å². The predicted octanol–water partition coefficient (Wildman–Crippen LogP) is 5.46. The van der Waals surface area contributed by atoms with E-state index in [1.165, 1.54) is 23.1 Å². The summed E-state index contributed by atoms with van der Waals surface area (Å²) in [6.07, 6.45) is 1.61. The van der Waals surface area contributed by atoms with Crippen LogP contribution < -0.4 is 15.4 Å². The number of rotatable bonds is 8. The van der Waals surface area contributed by atoms with Gasteiger partial charge in [0, 0.05) is 34.5 Å². The highest BCUT2D eigenvalue weighted by Gasteiger charge is 2.39. The van der Waals surface area contributed by atoms with Gasteiger partial charge in [-0.05, 0) is 43.7 Å². The fourth-order valence-corrected chi connectivity index (χ4v) is 5.45. The van der Waals surface area contributed by atoms with Gasteiger partial charge in [-0.25, -0.2) is 9.98 Å². The maximum atomic E-state index is 13.5. The number of anilines is 2. The second-order valence-corrected chi connectivity index (χ2v) is 9.92. The molecule has 3 aromatic rings. The van der Waals surface area contributed by atoms with Crippen molar-refractivity contribution in [1.29, 1.82) is 5.26 Å². The summed E-state index contributed by atoms with van der Waals surface area (Å²) in [5.41, 5.74) is 2.35. The molecule has 0 fully saturated rings. The Hall–Kier alpha value is -3.94. The normalized spacial score (nSPS) is 16.9. The number of aliphatic imine (C=N–C) groups is 1. The molecule has 0 unspecified atom stereocenters. The van der Waals surface area contributed by atoms with Crippen molar-refractivity contribution in [2.45, 2.75) is 19.8 Å². The topological polar surface area (TPSA) is 116 Å². The minimum atomic E-state index is -0.754. The van der Waals surface area contributed by atoms with E-state index in [0.29, 0.717) is 39.5 Å². The smallest absolute Gasteiger partial charge is 0.254 e. The van der Waals surface area contributed by atoms with Crippen LogP contribution in [0.2, 0.25) is 0 Å². The van der Waals surface area contributed by atoms with Gasteiger partial charge in [0.2, 0.25) is 5.91 Å². The number of nitriles is 1. The van der Waals surface area contributed by atoms with Crippen LogP contribution in [0.15, 0.2) is 82.4 Å². The minimum Gasteiger partial charge on any atom is -0.494 e. The van der Waals surface area contributed by atoms with Crippen molar-refractivity contribution >= 4 is 50.8 Å². The first-order valence-electron chi connectivity index (χ1n) is 11.6. The largest absolute Gasteiger partial charge is 0.494 e. The molecule has 0 spiro atoms. The summed E-state index contributed by atoms with van der Waals surface area (Å²) >= 11 is 2.52. The van der Waals surface area contributed by atoms with Gasteiger partial charge in [0.1, 0.15) is 11.7 Å². The Labute approximate surface area is 223 Å². The highest BCUT2D eigenvalue weighted by Crippen LogP contribution is 2.42. The van der Waals surface area contributed by atoms with Crippen molar-refractivity contribution in [2.24, 2.45) is 10.9 Å². The number of thiazole rings is 1. The van der Waals surface area contributed by atoms with Gasteiger partial charge in [-0.1, -0.05) is 42.1 Å². The zero-order valence-corrected chi connectivity index (χ0v) is 21.9. The van der Waals surface area contributed by atoms with Gasteiger partial charge >= 0.3 is 0 Å². The van der Waals surface area contributed by atoms with Crippen molar-refractivity contribution in [3.63, 3.8) is 0 Å². The molecule has 1 aliphatic rings. The zero-order chi connectivity index (χ0) is 26.2. The molecule has 2 aromatic carbocycles. The number of hydrogen-bond acceptors (Lipinski definition) is 8. The maximum absolute atomic E-state index is 13.5. The van der Waals surface area contributed by atoms with Gasteiger partial charge in [-0.2, -0.15) is 5.26 Å². The van der Waals surface area contributed by atoms with E-state index >= 15 is 0 Å². The molecule has 188 valence electrons. The fourth-order valence-electron chi connectivity index (χ4n) is 3.98. The van der Waals surface area contributed by atoms with E-state index in [4.69, 9.17) is 4.74 Å². The van der Waals surface area contributed by atoms with E-state index in [2.05, 4.69) is 26.7 Å². The van der Waals surface area contributed by atoms with Gasteiger partial charge < -0.3 is 15.4 Å². The number of nitrogens with one attached hydrogen (secondary N) is 2. The number of thioether (sulfide) groups is 1. The minimum absolute atomic E-state index is 0.0609. The third-order valence-corrected chi connectivity index (χ3v) is 7.31. The molecular formula is C27H25N5O3S2. The Balaban J connectivity index is 1.65. The molecule has 0 aliphatic carbocycles. The number of carbonyl (C=O) groups excluding carboxylic acids is 2. The van der Waals surface area contributed by atoms with Crippen LogP contribution in [0.4, 0.5) is 10.8 Å². The lowest BCUT2D eigenvalue weighted by Gasteiger charge is -2.30. The number of ether oxygens (including phenoxy) is 1. The van der Waals surface area contributed by atoms with Crippen LogP contribution in [0.3, 0.4) is 0 Å². The predicted molar refractivity (Wildman–Crippen MR) is 148 cm³/mol. The van der Waals surface area contributed by atoms with Crippen molar-refractivity contribution in [3.8, 4) is 11.8 Å². The molecule has 0 saturated heterocycles. The van der Waals surface area contributed by atoms with Crippen molar-refractivity contribution < 1.29 is 14.3 Å². The summed E-state index contributed by atoms with van der Waals surface area (Å²) in [5, 5.41) is 18.7. The highest BCUT2D eigenvalue weighted by molar-refractivity contribution is 8.14. The molecule has 2 N–H and O–H groups in total. The first-order valence-corrected chi connectivity index (χ1v) is 13.5. The van der Waals surface area contributed by atoms with Crippen LogP contribution in [0.25, 0.3) is 0 Å². The molecule has 37 heavy (non-hydrogen) atoms. The van der Waals surface area contributed by atoms with Crippen LogP contribution in [0.1, 0.15) is 25.3 Å². The highest BCUT2D eigenvalue weighted by atomic mass is 32.2. The number of para-hydroxylation sites is 1. The first kappa shape index (κ1) is 26.1. The number of benzene rings is 2. The van der Waals surface area contributed by atoms with Crippen molar-refractivity contribution in [1.82, 2.24) is 4.98 Å². The summed E-state index contributed by atoms with van der Waals surface area (Å²) in [6, 6.07) is 18.9. The maximum Gasteiger partial charge on any atom is 0.254 e. The quantitative estimate of drug-likeness (QED) is 0.399. The summed E-state index contributed by atoms with van der Waals surface area (Å²) in [7, 11) is 0. The molecule has 2 atom stereocenters. The number of amides is 2. The Morgan fingerprint density at radius 2 is 1.89 bits per heavy atom. The fraction of sp³-hybridized carbons (Fsp3) is 0.222. The average Bonchev–Trinajstić information content (AvgIpc) is 3.41. The van der Waals surface area contributed by atoms with E-state index in [1.807, 2.05) is 49.4 Å². The Morgan fingerprint density at radius 3 is 2.54 bits per heavy atom. The van der Waals surface area contributed by atoms with Crippen LogP contribution in [-0.4, -0.2) is 34.2 Å². The zero-order valence-electron chi connectivity index (χ0n) is 20.3. The first-order chi connectivity index (χ1) is 18.0. The van der Waals surface area contributed by atoms with E-state index in [1.54, 1.807) is 30.6 Å². The molecule has 10 heteroatoms. The lowest BCUT2D eigenvalue weighted by molar-refractivity contribution is -0.114. The third-order valence-electron chi connectivity index (χ3n) is 5.57. The molecule has 8 nitrogen and oxygen atoms in total. The molecule has 2 amide bonds. The lowest BCUT2D eigenvalue weighted by Crippen LogP contribution is -2.31. The second-order valence-electron chi connectivity index (χ2n) is 8.03. The molecule has 2 heterocycles. The van der Waals surface area contributed by atoms with Crippen LogP contribution in [-0.2, 0) is 9.59 Å². The van der Waals surface area contributed by atoms with E-state index in [9.17, 15) is 14.9 Å². The van der Waals surface area contributed by atoms with Crippen molar-refractivity contribution in [3.05, 3.63) is 83.0 Å². The standard InChI is InChI=1S/C27H25N5O3S2/c1-3-35-20-11-9-18(10-12-20)24-21(15-28)26(37-16-22(33)32-27-29-13-14-36-27)30-17(2)23(24)25(34)31-19-7-5-4-6-8-19/h4-14,21,24H,3,16H2,1-2H3,(H,31,34)(H,29,32,33)/t21-,24+/m1/s1. The lowest BCUT2D eigenvalue weighted by atomic mass is 9.78. The number of carbonyl (C=O) groups is 2. The number of nitrogens with zero attached hydrogens (tertiary/aromatic N) is 3. The molecular weight excluding hydrogens is 506 g/mol. The third kappa shape index (κ3) is 6.44.